The van der Waals surface area contributed by atoms with E-state index in [2.05, 4.69) is 18.5 Å². The van der Waals surface area contributed by atoms with Crippen molar-refractivity contribution in [1.82, 2.24) is 5.32 Å². The van der Waals surface area contributed by atoms with Crippen LogP contribution in [0.3, 0.4) is 0 Å². The lowest BCUT2D eigenvalue weighted by Gasteiger charge is -2.10. The maximum absolute atomic E-state index is 10.6. The summed E-state index contributed by atoms with van der Waals surface area (Å²) in [5.41, 5.74) is 0.858. The Balaban J connectivity index is 4.36. The molecule has 0 saturated heterocycles. The van der Waals surface area contributed by atoms with Crippen LogP contribution in [-0.2, 0) is 4.79 Å². The minimum Gasteiger partial charge on any atom is -0.480 e. The Kier molecular flexibility index (Phi) is 5.55. The molecule has 0 aliphatic carbocycles. The van der Waals surface area contributed by atoms with E-state index in [1.807, 2.05) is 0 Å². The average molecular weight is 181 g/mol. The fraction of sp³-hybridized carbons (Fsp3) is 0.300. The summed E-state index contributed by atoms with van der Waals surface area (Å²) in [6.07, 6.45) is 5.42. The maximum atomic E-state index is 10.6. The maximum Gasteiger partial charge on any atom is 0.321 e. The molecule has 2 N–H and O–H groups in total. The molecule has 3 nitrogen and oxygen atoms in total. The molecule has 3 heteroatoms. The van der Waals surface area contributed by atoms with Gasteiger partial charge in [-0.2, -0.15) is 0 Å². The third kappa shape index (κ3) is 4.28. The third-order valence-electron chi connectivity index (χ3n) is 1.68. The molecule has 0 aromatic heterocycles. The first-order valence-electron chi connectivity index (χ1n) is 3.99. The van der Waals surface area contributed by atoms with E-state index in [1.165, 1.54) is 0 Å². The van der Waals surface area contributed by atoms with Gasteiger partial charge in [-0.15, -0.1) is 0 Å². The van der Waals surface area contributed by atoms with Crippen molar-refractivity contribution in [2.24, 2.45) is 0 Å². The molecule has 0 aliphatic rings. The van der Waals surface area contributed by atoms with Crippen LogP contribution in [0.2, 0.25) is 0 Å². The average Bonchev–Trinajstić information content (AvgIpc) is 2.11. The highest BCUT2D eigenvalue weighted by molar-refractivity contribution is 5.74. The highest BCUT2D eigenvalue weighted by Gasteiger charge is 2.14. The standard InChI is InChI=1S/C10H15NO2/c1-4-6-8(5-2)7-9(11-3)10(12)13/h4-6,9,11H,1-2,7H2,3H3,(H,12,13)/b8-6+. The number of hydrogen-bond donors (Lipinski definition) is 2. The molecule has 1 unspecified atom stereocenters. The quantitative estimate of drug-likeness (QED) is 0.608. The molecule has 1 atom stereocenters. The second-order valence-electron chi connectivity index (χ2n) is 2.57. The molecule has 0 aromatic carbocycles. The summed E-state index contributed by atoms with van der Waals surface area (Å²) in [6, 6.07) is -0.566. The van der Waals surface area contributed by atoms with Gasteiger partial charge in [0.1, 0.15) is 6.04 Å². The second kappa shape index (κ2) is 6.20. The molecule has 0 bridgehead atoms. The SMILES string of the molecule is C=C/C=C(\C=C)CC(NC)C(=O)O. The zero-order valence-corrected chi connectivity index (χ0v) is 7.79. The van der Waals surface area contributed by atoms with Crippen LogP contribution in [0.5, 0.6) is 0 Å². The number of nitrogens with one attached hydrogen (secondary N) is 1. The van der Waals surface area contributed by atoms with Gasteiger partial charge in [0.05, 0.1) is 0 Å². The van der Waals surface area contributed by atoms with E-state index in [1.54, 1.807) is 25.3 Å². The fourth-order valence-electron chi connectivity index (χ4n) is 0.919. The lowest BCUT2D eigenvalue weighted by Crippen LogP contribution is -2.33. The van der Waals surface area contributed by atoms with Gasteiger partial charge >= 0.3 is 5.97 Å². The van der Waals surface area contributed by atoms with Crippen LogP contribution in [0.4, 0.5) is 0 Å². The van der Waals surface area contributed by atoms with E-state index in [4.69, 9.17) is 5.11 Å². The largest absolute Gasteiger partial charge is 0.480 e. The van der Waals surface area contributed by atoms with E-state index in [9.17, 15) is 4.79 Å². The number of carboxylic acid groups (broad SMARTS) is 1. The van der Waals surface area contributed by atoms with Gasteiger partial charge in [-0.1, -0.05) is 31.4 Å². The molecule has 0 fully saturated rings. The van der Waals surface area contributed by atoms with Crippen molar-refractivity contribution in [3.05, 3.63) is 37.0 Å². The zero-order valence-electron chi connectivity index (χ0n) is 7.79. The fourth-order valence-corrected chi connectivity index (χ4v) is 0.919. The first-order chi connectivity index (χ1) is 6.15. The number of likely N-dealkylation sites (N-methyl/N-ethyl adjacent to an activating group) is 1. The minimum atomic E-state index is -0.862. The lowest BCUT2D eigenvalue weighted by molar-refractivity contribution is -0.139. The number of rotatable bonds is 6. The Labute approximate surface area is 78.5 Å². The predicted octanol–water partition coefficient (Wildman–Crippen LogP) is 1.35. The number of carbonyl (C=O) groups is 1. The van der Waals surface area contributed by atoms with Gasteiger partial charge in [0.15, 0.2) is 0 Å². The zero-order chi connectivity index (χ0) is 10.3. The van der Waals surface area contributed by atoms with Gasteiger partial charge in [-0.25, -0.2) is 0 Å². The Bertz CT molecular complexity index is 231. The molecule has 0 heterocycles. The predicted molar refractivity (Wildman–Crippen MR) is 53.6 cm³/mol. The summed E-state index contributed by atoms with van der Waals surface area (Å²) in [7, 11) is 1.62. The van der Waals surface area contributed by atoms with E-state index in [0.29, 0.717) is 6.42 Å². The highest BCUT2D eigenvalue weighted by atomic mass is 16.4. The van der Waals surface area contributed by atoms with Crippen LogP contribution in [0.15, 0.2) is 37.0 Å². The van der Waals surface area contributed by atoms with Crippen LogP contribution >= 0.6 is 0 Å². The molecule has 0 radical (unpaired) electrons. The summed E-state index contributed by atoms with van der Waals surface area (Å²) >= 11 is 0. The molecular formula is C10H15NO2. The van der Waals surface area contributed by atoms with E-state index in [0.717, 1.165) is 5.57 Å². The Morgan fingerprint density at radius 3 is 2.54 bits per heavy atom. The van der Waals surface area contributed by atoms with Gasteiger partial charge in [-0.3, -0.25) is 4.79 Å². The smallest absolute Gasteiger partial charge is 0.321 e. The van der Waals surface area contributed by atoms with E-state index >= 15 is 0 Å². The molecule has 0 aromatic rings. The van der Waals surface area contributed by atoms with Crippen molar-refractivity contribution in [3.8, 4) is 0 Å². The summed E-state index contributed by atoms with van der Waals surface area (Å²) < 4.78 is 0. The summed E-state index contributed by atoms with van der Waals surface area (Å²) in [6.45, 7) is 7.12. The molecular weight excluding hydrogens is 166 g/mol. The molecule has 72 valence electrons. The van der Waals surface area contributed by atoms with E-state index in [-0.39, 0.29) is 0 Å². The van der Waals surface area contributed by atoms with Gasteiger partial charge in [0.25, 0.3) is 0 Å². The summed E-state index contributed by atoms with van der Waals surface area (Å²) in [4.78, 5) is 10.6. The van der Waals surface area contributed by atoms with Gasteiger partial charge in [0.2, 0.25) is 0 Å². The number of aliphatic carboxylic acids is 1. The van der Waals surface area contributed by atoms with Gasteiger partial charge in [-0.05, 0) is 19.0 Å². The van der Waals surface area contributed by atoms with Gasteiger partial charge in [0, 0.05) is 0 Å². The van der Waals surface area contributed by atoms with Crippen LogP contribution in [-0.4, -0.2) is 24.2 Å². The Morgan fingerprint density at radius 2 is 2.23 bits per heavy atom. The van der Waals surface area contributed by atoms with Crippen molar-refractivity contribution >= 4 is 5.97 Å². The first-order valence-corrected chi connectivity index (χ1v) is 3.99. The monoisotopic (exact) mass is 181 g/mol. The van der Waals surface area contributed by atoms with Crippen LogP contribution in [0.1, 0.15) is 6.42 Å². The minimum absolute atomic E-state index is 0.418. The molecule has 0 rings (SSSR count). The van der Waals surface area contributed by atoms with Crippen molar-refractivity contribution < 1.29 is 9.90 Å². The van der Waals surface area contributed by atoms with E-state index < -0.39 is 12.0 Å². The lowest BCUT2D eigenvalue weighted by atomic mass is 10.1. The summed E-state index contributed by atoms with van der Waals surface area (Å²) in [5.74, 6) is -0.862. The third-order valence-corrected chi connectivity index (χ3v) is 1.68. The van der Waals surface area contributed by atoms with Gasteiger partial charge < -0.3 is 10.4 Å². The topological polar surface area (TPSA) is 49.3 Å². The van der Waals surface area contributed by atoms with Crippen molar-refractivity contribution in [3.63, 3.8) is 0 Å². The van der Waals surface area contributed by atoms with Crippen LogP contribution in [0, 0.1) is 0 Å². The van der Waals surface area contributed by atoms with Crippen molar-refractivity contribution in [2.45, 2.75) is 12.5 Å². The van der Waals surface area contributed by atoms with Crippen LogP contribution < -0.4 is 5.32 Å². The highest BCUT2D eigenvalue weighted by Crippen LogP contribution is 2.06. The first kappa shape index (κ1) is 11.6. The molecule has 0 spiro atoms. The molecule has 0 amide bonds. The second-order valence-corrected chi connectivity index (χ2v) is 2.57. The normalized spacial score (nSPS) is 13.5. The molecule has 0 saturated carbocycles. The molecule has 0 aliphatic heterocycles. The number of carboxylic acids is 1. The van der Waals surface area contributed by atoms with Crippen molar-refractivity contribution in [1.29, 1.82) is 0 Å². The number of hydrogen-bond acceptors (Lipinski definition) is 2. The molecule has 13 heavy (non-hydrogen) atoms. The van der Waals surface area contributed by atoms with Crippen molar-refractivity contribution in [2.75, 3.05) is 7.05 Å². The summed E-state index contributed by atoms with van der Waals surface area (Å²) in [5, 5.41) is 11.4. The Hall–Kier alpha value is -1.35. The number of allylic oxidation sites excluding steroid dienone is 3. The van der Waals surface area contributed by atoms with Crippen LogP contribution in [0.25, 0.3) is 0 Å². The Morgan fingerprint density at radius 1 is 1.62 bits per heavy atom.